The number of nitrogens with zero attached hydrogens (tertiary/aromatic N) is 1. The summed E-state index contributed by atoms with van der Waals surface area (Å²) in [7, 11) is 0. The lowest BCUT2D eigenvalue weighted by Crippen LogP contribution is -2.48. The van der Waals surface area contributed by atoms with Gasteiger partial charge in [-0.1, -0.05) is 18.0 Å². The van der Waals surface area contributed by atoms with Crippen LogP contribution < -0.4 is 0 Å². The van der Waals surface area contributed by atoms with Crippen LogP contribution in [0.1, 0.15) is 38.5 Å². The van der Waals surface area contributed by atoms with Crippen molar-refractivity contribution in [3.63, 3.8) is 0 Å². The van der Waals surface area contributed by atoms with Gasteiger partial charge >= 0.3 is 5.97 Å². The summed E-state index contributed by atoms with van der Waals surface area (Å²) in [4.78, 5) is 11.3. The zero-order valence-electron chi connectivity index (χ0n) is 8.07. The normalized spacial score (nSPS) is 39.7. The van der Waals surface area contributed by atoms with Gasteiger partial charge in [0.1, 0.15) is 5.41 Å². The van der Waals surface area contributed by atoms with E-state index in [1.165, 1.54) is 0 Å². The number of hydrogen-bond donors (Lipinski definition) is 2. The molecule has 78 valence electrons. The maximum atomic E-state index is 11.3. The van der Waals surface area contributed by atoms with E-state index in [9.17, 15) is 9.90 Å². The lowest BCUT2D eigenvalue weighted by Gasteiger charge is -2.42. The van der Waals surface area contributed by atoms with Crippen molar-refractivity contribution in [1.29, 1.82) is 0 Å². The van der Waals surface area contributed by atoms with Crippen LogP contribution in [0.25, 0.3) is 0 Å². The molecule has 0 aromatic heterocycles. The van der Waals surface area contributed by atoms with Gasteiger partial charge in [-0.25, -0.2) is 0 Å². The molecule has 0 spiro atoms. The van der Waals surface area contributed by atoms with E-state index in [2.05, 4.69) is 5.16 Å². The van der Waals surface area contributed by atoms with Gasteiger partial charge in [-0.15, -0.1) is 0 Å². The van der Waals surface area contributed by atoms with E-state index < -0.39 is 11.4 Å². The Labute approximate surface area is 82.6 Å². The van der Waals surface area contributed by atoms with Crippen molar-refractivity contribution >= 4 is 11.7 Å². The Morgan fingerprint density at radius 1 is 1.36 bits per heavy atom. The Balaban J connectivity index is 2.39. The van der Waals surface area contributed by atoms with Crippen molar-refractivity contribution in [3.05, 3.63) is 0 Å². The highest BCUT2D eigenvalue weighted by Gasteiger charge is 2.51. The molecule has 0 aromatic carbocycles. The third kappa shape index (κ3) is 1.13. The first-order valence-corrected chi connectivity index (χ1v) is 5.16. The van der Waals surface area contributed by atoms with Crippen molar-refractivity contribution in [3.8, 4) is 0 Å². The van der Waals surface area contributed by atoms with Crippen LogP contribution in [0, 0.1) is 11.3 Å². The minimum absolute atomic E-state index is 0.207. The molecule has 0 unspecified atom stereocenters. The van der Waals surface area contributed by atoms with Crippen LogP contribution in [-0.2, 0) is 4.79 Å². The molecule has 0 atom stereocenters. The van der Waals surface area contributed by atoms with Crippen LogP contribution in [0.2, 0.25) is 0 Å². The van der Waals surface area contributed by atoms with Gasteiger partial charge in [-0.2, -0.15) is 0 Å². The Morgan fingerprint density at radius 3 is 2.29 bits per heavy atom. The second-order valence-electron chi connectivity index (χ2n) is 4.35. The first-order valence-electron chi connectivity index (χ1n) is 5.16. The minimum Gasteiger partial charge on any atom is -0.481 e. The number of carboxylic acids is 1. The number of carboxylic acid groups (broad SMARTS) is 1. The van der Waals surface area contributed by atoms with Gasteiger partial charge in [0.15, 0.2) is 0 Å². The van der Waals surface area contributed by atoms with E-state index in [-0.39, 0.29) is 5.92 Å². The van der Waals surface area contributed by atoms with Gasteiger partial charge in [0, 0.05) is 5.92 Å². The molecule has 2 aliphatic carbocycles. The number of hydrogen-bond acceptors (Lipinski definition) is 3. The molecule has 2 N–H and O–H groups in total. The lowest BCUT2D eigenvalue weighted by molar-refractivity contribution is -0.147. The first kappa shape index (κ1) is 9.49. The van der Waals surface area contributed by atoms with Gasteiger partial charge in [0.25, 0.3) is 0 Å². The van der Waals surface area contributed by atoms with Crippen LogP contribution in [0.15, 0.2) is 5.16 Å². The molecule has 2 fully saturated rings. The molecule has 2 bridgehead atoms. The van der Waals surface area contributed by atoms with Crippen molar-refractivity contribution in [2.45, 2.75) is 38.5 Å². The highest BCUT2D eigenvalue weighted by molar-refractivity contribution is 6.07. The quantitative estimate of drug-likeness (QED) is 0.498. The SMILES string of the molecule is O=C(O)C12CCCC(CCC1)/C2=N\O. The van der Waals surface area contributed by atoms with E-state index in [4.69, 9.17) is 5.21 Å². The maximum absolute atomic E-state index is 11.3. The first-order chi connectivity index (χ1) is 6.70. The summed E-state index contributed by atoms with van der Waals surface area (Å²) in [6.07, 6.45) is 5.12. The molecule has 0 heterocycles. The smallest absolute Gasteiger partial charge is 0.315 e. The molecule has 0 radical (unpaired) electrons. The van der Waals surface area contributed by atoms with Gasteiger partial charge in [-0.3, -0.25) is 4.79 Å². The van der Waals surface area contributed by atoms with Gasteiger partial charge in [0.05, 0.1) is 5.71 Å². The average Bonchev–Trinajstić information content (AvgIpc) is 2.15. The number of carbonyl (C=O) groups is 1. The molecule has 4 nitrogen and oxygen atoms in total. The largest absolute Gasteiger partial charge is 0.481 e. The van der Waals surface area contributed by atoms with E-state index in [1.807, 2.05) is 0 Å². The fraction of sp³-hybridized carbons (Fsp3) is 0.800. The van der Waals surface area contributed by atoms with Gasteiger partial charge < -0.3 is 10.3 Å². The molecule has 0 amide bonds. The van der Waals surface area contributed by atoms with Crippen molar-refractivity contribution < 1.29 is 15.1 Å². The summed E-state index contributed by atoms with van der Waals surface area (Å²) in [5.41, 5.74) is -0.307. The predicted octanol–water partition coefficient (Wildman–Crippen LogP) is 1.87. The zero-order valence-corrected chi connectivity index (χ0v) is 8.07. The summed E-state index contributed by atoms with van der Waals surface area (Å²) in [5, 5.41) is 21.4. The molecule has 4 heteroatoms. The van der Waals surface area contributed by atoms with Crippen molar-refractivity contribution in [2.24, 2.45) is 16.5 Å². The molecule has 2 saturated carbocycles. The fourth-order valence-electron chi connectivity index (χ4n) is 2.99. The summed E-state index contributed by atoms with van der Waals surface area (Å²) in [6.45, 7) is 0. The summed E-state index contributed by atoms with van der Waals surface area (Å²) in [5.74, 6) is -0.603. The summed E-state index contributed by atoms with van der Waals surface area (Å²) >= 11 is 0. The monoisotopic (exact) mass is 197 g/mol. The average molecular weight is 197 g/mol. The van der Waals surface area contributed by atoms with E-state index >= 15 is 0 Å². The van der Waals surface area contributed by atoms with Crippen LogP contribution in [0.4, 0.5) is 0 Å². The third-order valence-electron chi connectivity index (χ3n) is 3.71. The van der Waals surface area contributed by atoms with Crippen LogP contribution in [-0.4, -0.2) is 22.0 Å². The summed E-state index contributed by atoms with van der Waals surface area (Å²) in [6, 6.07) is 0. The van der Waals surface area contributed by atoms with E-state index in [0.717, 1.165) is 25.7 Å². The second kappa shape index (κ2) is 3.26. The number of fused-ring (bicyclic) bond motifs is 2. The van der Waals surface area contributed by atoms with Crippen molar-refractivity contribution in [2.75, 3.05) is 0 Å². The molecule has 2 aliphatic rings. The van der Waals surface area contributed by atoms with Gasteiger partial charge in [0.2, 0.25) is 0 Å². The molecular weight excluding hydrogens is 182 g/mol. The topological polar surface area (TPSA) is 69.9 Å². The third-order valence-corrected chi connectivity index (χ3v) is 3.71. The molecule has 2 rings (SSSR count). The Bertz CT molecular complexity index is 275. The van der Waals surface area contributed by atoms with E-state index in [1.54, 1.807) is 0 Å². The fourth-order valence-corrected chi connectivity index (χ4v) is 2.99. The molecule has 0 aliphatic heterocycles. The Hall–Kier alpha value is -1.06. The number of rotatable bonds is 1. The highest BCUT2D eigenvalue weighted by atomic mass is 16.4. The Morgan fingerprint density at radius 2 is 1.93 bits per heavy atom. The van der Waals surface area contributed by atoms with Crippen LogP contribution in [0.3, 0.4) is 0 Å². The molecular formula is C10H15NO3. The molecule has 0 saturated heterocycles. The Kier molecular flexibility index (Phi) is 2.21. The van der Waals surface area contributed by atoms with Crippen LogP contribution in [0.5, 0.6) is 0 Å². The summed E-state index contributed by atoms with van der Waals surface area (Å²) < 4.78 is 0. The van der Waals surface area contributed by atoms with Crippen LogP contribution >= 0.6 is 0 Å². The minimum atomic E-state index is -0.837. The standard InChI is InChI=1S/C10H15NO3/c12-9(13)10-5-1-3-7(4-2-6-10)8(10)11-14/h7,14H,1-6H2,(H,12,13)/b11-8+. The molecule has 0 aromatic rings. The predicted molar refractivity (Wildman–Crippen MR) is 50.5 cm³/mol. The number of oxime groups is 1. The molecule has 14 heavy (non-hydrogen) atoms. The van der Waals surface area contributed by atoms with Crippen molar-refractivity contribution in [1.82, 2.24) is 0 Å². The maximum Gasteiger partial charge on any atom is 0.315 e. The number of aliphatic carboxylic acids is 1. The zero-order chi connectivity index (χ0) is 10.2. The highest BCUT2D eigenvalue weighted by Crippen LogP contribution is 2.46. The van der Waals surface area contributed by atoms with E-state index in [0.29, 0.717) is 18.6 Å². The van der Waals surface area contributed by atoms with Gasteiger partial charge in [-0.05, 0) is 25.7 Å². The lowest BCUT2D eigenvalue weighted by atomic mass is 9.60. The second-order valence-corrected chi connectivity index (χ2v) is 4.35.